The van der Waals surface area contributed by atoms with E-state index in [4.69, 9.17) is 0 Å². The van der Waals surface area contributed by atoms with Crippen molar-refractivity contribution in [2.24, 2.45) is 0 Å². The number of carbonyl (C=O) groups excluding carboxylic acids is 3. The van der Waals surface area contributed by atoms with Crippen LogP contribution in [0.25, 0.3) is 0 Å². The van der Waals surface area contributed by atoms with Crippen molar-refractivity contribution in [1.82, 2.24) is 0 Å². The van der Waals surface area contributed by atoms with Gasteiger partial charge in [0.05, 0.1) is 17.2 Å². The number of anilines is 2. The maximum absolute atomic E-state index is 12.6. The van der Waals surface area contributed by atoms with Crippen molar-refractivity contribution in [1.29, 1.82) is 0 Å². The molecule has 2 aromatic rings. The Morgan fingerprint density at radius 3 is 2.28 bits per heavy atom. The Morgan fingerprint density at radius 1 is 0.880 bits per heavy atom. The Balaban J connectivity index is 2.22. The van der Waals surface area contributed by atoms with Crippen LogP contribution >= 0.6 is 0 Å². The molecule has 0 aliphatic carbocycles. The molecular formula is C19H17N2O4-. The van der Waals surface area contributed by atoms with Crippen LogP contribution in [-0.2, 0) is 9.59 Å². The molecule has 2 N–H and O–H groups in total. The third kappa shape index (κ3) is 4.78. The summed E-state index contributed by atoms with van der Waals surface area (Å²) in [5.41, 5.74) is 3.22. The van der Waals surface area contributed by atoms with E-state index in [0.29, 0.717) is 11.8 Å². The van der Waals surface area contributed by atoms with E-state index >= 15 is 0 Å². The SMILES string of the molecule is Cc1cccc(NC(=O)c2ccccc2NC(=O)C=CC(=O)[O-])c1C. The number of hydrogen-bond donors (Lipinski definition) is 2. The highest BCUT2D eigenvalue weighted by atomic mass is 16.4. The fourth-order valence-electron chi connectivity index (χ4n) is 2.18. The highest BCUT2D eigenvalue weighted by molar-refractivity contribution is 6.11. The average molecular weight is 337 g/mol. The third-order valence-corrected chi connectivity index (χ3v) is 3.65. The molecule has 6 heteroatoms. The van der Waals surface area contributed by atoms with Gasteiger partial charge in [0.25, 0.3) is 5.91 Å². The number of carboxylic acids is 1. The van der Waals surface area contributed by atoms with Gasteiger partial charge in [-0.3, -0.25) is 9.59 Å². The van der Waals surface area contributed by atoms with Crippen molar-refractivity contribution in [2.75, 3.05) is 10.6 Å². The van der Waals surface area contributed by atoms with E-state index in [1.54, 1.807) is 30.3 Å². The molecule has 2 rings (SSSR count). The predicted octanol–water partition coefficient (Wildman–Crippen LogP) is 1.80. The minimum absolute atomic E-state index is 0.263. The van der Waals surface area contributed by atoms with Crippen molar-refractivity contribution in [3.8, 4) is 0 Å². The first-order valence-corrected chi connectivity index (χ1v) is 7.55. The summed E-state index contributed by atoms with van der Waals surface area (Å²) in [4.78, 5) is 34.6. The van der Waals surface area contributed by atoms with Gasteiger partial charge in [0.1, 0.15) is 0 Å². The lowest BCUT2D eigenvalue weighted by atomic mass is 10.1. The number of carbonyl (C=O) groups is 3. The number of amides is 2. The second-order valence-electron chi connectivity index (χ2n) is 5.39. The number of aryl methyl sites for hydroxylation is 1. The summed E-state index contributed by atoms with van der Waals surface area (Å²) in [7, 11) is 0. The Hall–Kier alpha value is -3.41. The normalized spacial score (nSPS) is 10.5. The molecule has 0 aliphatic heterocycles. The molecule has 0 fully saturated rings. The van der Waals surface area contributed by atoms with E-state index in [2.05, 4.69) is 10.6 Å². The van der Waals surface area contributed by atoms with Gasteiger partial charge < -0.3 is 20.5 Å². The summed E-state index contributed by atoms with van der Waals surface area (Å²) in [6.45, 7) is 3.85. The van der Waals surface area contributed by atoms with E-state index < -0.39 is 11.9 Å². The summed E-state index contributed by atoms with van der Waals surface area (Å²) in [5, 5.41) is 15.7. The van der Waals surface area contributed by atoms with Crippen LogP contribution in [0.3, 0.4) is 0 Å². The zero-order chi connectivity index (χ0) is 18.4. The smallest absolute Gasteiger partial charge is 0.257 e. The Kier molecular flexibility index (Phi) is 5.68. The lowest BCUT2D eigenvalue weighted by Gasteiger charge is -2.13. The number of para-hydroxylation sites is 1. The predicted molar refractivity (Wildman–Crippen MR) is 93.1 cm³/mol. The van der Waals surface area contributed by atoms with Crippen LogP contribution in [0.4, 0.5) is 11.4 Å². The van der Waals surface area contributed by atoms with Crippen molar-refractivity contribution in [3.63, 3.8) is 0 Å². The first-order valence-electron chi connectivity index (χ1n) is 7.55. The third-order valence-electron chi connectivity index (χ3n) is 3.65. The van der Waals surface area contributed by atoms with Gasteiger partial charge in [-0.05, 0) is 49.2 Å². The molecule has 6 nitrogen and oxygen atoms in total. The number of hydrogen-bond acceptors (Lipinski definition) is 4. The number of carboxylic acid groups (broad SMARTS) is 1. The molecule has 25 heavy (non-hydrogen) atoms. The summed E-state index contributed by atoms with van der Waals surface area (Å²) in [5.74, 6) is -2.53. The zero-order valence-electron chi connectivity index (χ0n) is 13.8. The zero-order valence-corrected chi connectivity index (χ0v) is 13.8. The van der Waals surface area contributed by atoms with E-state index in [1.165, 1.54) is 0 Å². The number of aliphatic carboxylic acids is 1. The monoisotopic (exact) mass is 337 g/mol. The topological polar surface area (TPSA) is 98.3 Å². The largest absolute Gasteiger partial charge is 0.545 e. The van der Waals surface area contributed by atoms with Gasteiger partial charge in [0, 0.05) is 11.8 Å². The van der Waals surface area contributed by atoms with Crippen LogP contribution in [0.5, 0.6) is 0 Å². The van der Waals surface area contributed by atoms with Crippen LogP contribution in [0.1, 0.15) is 21.5 Å². The van der Waals surface area contributed by atoms with Crippen molar-refractivity contribution in [2.45, 2.75) is 13.8 Å². The van der Waals surface area contributed by atoms with Gasteiger partial charge in [-0.15, -0.1) is 0 Å². The number of rotatable bonds is 5. The lowest BCUT2D eigenvalue weighted by molar-refractivity contribution is -0.297. The van der Waals surface area contributed by atoms with E-state index in [1.807, 2.05) is 26.0 Å². The van der Waals surface area contributed by atoms with Gasteiger partial charge in [0.2, 0.25) is 5.91 Å². The molecule has 0 aromatic heterocycles. The second kappa shape index (κ2) is 7.92. The maximum Gasteiger partial charge on any atom is 0.257 e. The molecule has 0 radical (unpaired) electrons. The average Bonchev–Trinajstić information content (AvgIpc) is 2.57. The summed E-state index contributed by atoms with van der Waals surface area (Å²) in [6, 6.07) is 12.0. The summed E-state index contributed by atoms with van der Waals surface area (Å²) in [6.07, 6.45) is 1.45. The standard InChI is InChI=1S/C19H18N2O4/c1-12-6-5-9-15(13(12)2)21-19(25)14-7-3-4-8-16(14)20-17(22)10-11-18(23)24/h3-11H,1-2H3,(H,20,22)(H,21,25)(H,23,24)/p-1. The molecule has 0 unspecified atom stereocenters. The van der Waals surface area contributed by atoms with Crippen molar-refractivity contribution in [3.05, 3.63) is 71.3 Å². The number of benzene rings is 2. The molecule has 0 heterocycles. The van der Waals surface area contributed by atoms with Crippen molar-refractivity contribution < 1.29 is 19.5 Å². The first-order chi connectivity index (χ1) is 11.9. The molecule has 2 aromatic carbocycles. The maximum atomic E-state index is 12.6. The molecule has 0 saturated heterocycles. The fourth-order valence-corrected chi connectivity index (χ4v) is 2.18. The highest BCUT2D eigenvalue weighted by Gasteiger charge is 2.13. The molecule has 128 valence electrons. The van der Waals surface area contributed by atoms with Crippen LogP contribution in [0, 0.1) is 13.8 Å². The molecule has 0 aliphatic rings. The van der Waals surface area contributed by atoms with Gasteiger partial charge in [0.15, 0.2) is 0 Å². The van der Waals surface area contributed by atoms with E-state index in [0.717, 1.165) is 17.2 Å². The van der Waals surface area contributed by atoms with E-state index in [-0.39, 0.29) is 17.2 Å². The molecule has 2 amide bonds. The van der Waals surface area contributed by atoms with Gasteiger partial charge in [-0.25, -0.2) is 0 Å². The van der Waals surface area contributed by atoms with Gasteiger partial charge >= 0.3 is 0 Å². The van der Waals surface area contributed by atoms with Gasteiger partial charge in [-0.1, -0.05) is 24.3 Å². The van der Waals surface area contributed by atoms with Crippen molar-refractivity contribution >= 4 is 29.2 Å². The first kappa shape index (κ1) is 17.9. The number of nitrogens with one attached hydrogen (secondary N) is 2. The Bertz CT molecular complexity index is 856. The molecular weight excluding hydrogens is 320 g/mol. The van der Waals surface area contributed by atoms with Crippen LogP contribution in [0.2, 0.25) is 0 Å². The van der Waals surface area contributed by atoms with E-state index in [9.17, 15) is 19.5 Å². The molecule has 0 atom stereocenters. The summed E-state index contributed by atoms with van der Waals surface area (Å²) >= 11 is 0. The fraction of sp³-hybridized carbons (Fsp3) is 0.105. The second-order valence-corrected chi connectivity index (χ2v) is 5.39. The quantitative estimate of drug-likeness (QED) is 0.813. The lowest BCUT2D eigenvalue weighted by Crippen LogP contribution is -2.20. The highest BCUT2D eigenvalue weighted by Crippen LogP contribution is 2.21. The summed E-state index contributed by atoms with van der Waals surface area (Å²) < 4.78 is 0. The van der Waals surface area contributed by atoms with Crippen LogP contribution in [0.15, 0.2) is 54.6 Å². The molecule has 0 spiro atoms. The molecule has 0 saturated carbocycles. The Labute approximate surface area is 145 Å². The molecule has 0 bridgehead atoms. The van der Waals surface area contributed by atoms with Crippen LogP contribution < -0.4 is 15.7 Å². The minimum atomic E-state index is -1.48. The minimum Gasteiger partial charge on any atom is -0.545 e. The van der Waals surface area contributed by atoms with Crippen LogP contribution in [-0.4, -0.2) is 17.8 Å². The van der Waals surface area contributed by atoms with Gasteiger partial charge in [-0.2, -0.15) is 0 Å². The Morgan fingerprint density at radius 2 is 1.56 bits per heavy atom.